The molecule has 0 aliphatic carbocycles. The maximum Gasteiger partial charge on any atom is 0.311 e. The minimum absolute atomic E-state index is 0.0143. The van der Waals surface area contributed by atoms with Gasteiger partial charge in [-0.05, 0) is 34.9 Å². The molecule has 0 saturated carbocycles. The molecule has 2 aromatic rings. The van der Waals surface area contributed by atoms with E-state index in [-0.39, 0.29) is 28.9 Å². The molecule has 0 unspecified atom stereocenters. The predicted molar refractivity (Wildman–Crippen MR) is 131 cm³/mol. The monoisotopic (exact) mass is 471 g/mol. The smallest absolute Gasteiger partial charge is 0.311 e. The SMILES string of the molecule is COc1cc(OC)c([N+](=O)[O-])cc1C=NNC(=O)COc1ccc(C(C)(C)CC(C)(C)C)cc1. The molecule has 1 amide bonds. The van der Waals surface area contributed by atoms with Gasteiger partial charge in [-0.3, -0.25) is 14.9 Å². The molecule has 0 aromatic heterocycles. The Balaban J connectivity index is 1.97. The maximum atomic E-state index is 12.1. The molecule has 0 bridgehead atoms. The van der Waals surface area contributed by atoms with E-state index in [1.807, 2.05) is 24.3 Å². The van der Waals surface area contributed by atoms with Gasteiger partial charge in [0, 0.05) is 17.7 Å². The zero-order valence-corrected chi connectivity index (χ0v) is 20.8. The number of rotatable bonds is 10. The number of hydrogen-bond acceptors (Lipinski definition) is 7. The first-order chi connectivity index (χ1) is 15.9. The van der Waals surface area contributed by atoms with Crippen molar-refractivity contribution in [3.63, 3.8) is 0 Å². The van der Waals surface area contributed by atoms with Crippen LogP contribution in [0.5, 0.6) is 17.2 Å². The van der Waals surface area contributed by atoms with Gasteiger partial charge in [0.15, 0.2) is 6.61 Å². The van der Waals surface area contributed by atoms with Crippen LogP contribution in [-0.2, 0) is 10.2 Å². The van der Waals surface area contributed by atoms with Crippen LogP contribution >= 0.6 is 0 Å². The Labute approximate surface area is 200 Å². The van der Waals surface area contributed by atoms with Gasteiger partial charge in [-0.1, -0.05) is 46.8 Å². The highest BCUT2D eigenvalue weighted by atomic mass is 16.6. The molecule has 0 aliphatic heterocycles. The summed E-state index contributed by atoms with van der Waals surface area (Å²) in [4.78, 5) is 22.8. The van der Waals surface area contributed by atoms with Crippen LogP contribution in [0.15, 0.2) is 41.5 Å². The van der Waals surface area contributed by atoms with Crippen molar-refractivity contribution in [3.05, 3.63) is 57.6 Å². The summed E-state index contributed by atoms with van der Waals surface area (Å²) in [5, 5.41) is 15.1. The van der Waals surface area contributed by atoms with Gasteiger partial charge < -0.3 is 14.2 Å². The lowest BCUT2D eigenvalue weighted by atomic mass is 9.72. The Kier molecular flexibility index (Phi) is 8.62. The molecule has 0 aliphatic rings. The average molecular weight is 472 g/mol. The van der Waals surface area contributed by atoms with E-state index in [4.69, 9.17) is 14.2 Å². The standard InChI is InChI=1S/C25H33N3O6/c1-24(2,3)16-25(4,5)18-8-10-19(11-9-18)34-15-23(29)27-26-14-17-12-20(28(30)31)22(33-7)13-21(17)32-6/h8-14H,15-16H2,1-7H3,(H,27,29). The number of carbonyl (C=O) groups excluding carboxylic acids is 1. The second-order valence-corrected chi connectivity index (χ2v) is 9.75. The normalized spacial score (nSPS) is 11.9. The number of carbonyl (C=O) groups is 1. The summed E-state index contributed by atoms with van der Waals surface area (Å²) < 4.78 is 15.8. The Morgan fingerprint density at radius 2 is 1.68 bits per heavy atom. The van der Waals surface area contributed by atoms with Gasteiger partial charge in [-0.15, -0.1) is 0 Å². The van der Waals surface area contributed by atoms with E-state index in [9.17, 15) is 14.9 Å². The lowest BCUT2D eigenvalue weighted by molar-refractivity contribution is -0.385. The van der Waals surface area contributed by atoms with E-state index in [1.54, 1.807) is 0 Å². The lowest BCUT2D eigenvalue weighted by Crippen LogP contribution is -2.25. The summed E-state index contributed by atoms with van der Waals surface area (Å²) in [7, 11) is 2.75. The van der Waals surface area contributed by atoms with Crippen LogP contribution in [-0.4, -0.2) is 37.9 Å². The fourth-order valence-electron chi connectivity index (χ4n) is 3.93. The highest BCUT2D eigenvalue weighted by molar-refractivity contribution is 5.87. The highest BCUT2D eigenvalue weighted by Gasteiger charge is 2.27. The molecule has 0 atom stereocenters. The summed E-state index contributed by atoms with van der Waals surface area (Å²) in [6.45, 7) is 10.9. The fourth-order valence-corrected chi connectivity index (χ4v) is 3.93. The van der Waals surface area contributed by atoms with E-state index in [2.05, 4.69) is 45.1 Å². The van der Waals surface area contributed by atoms with Crippen LogP contribution in [0, 0.1) is 15.5 Å². The van der Waals surface area contributed by atoms with Crippen LogP contribution in [0.1, 0.15) is 52.2 Å². The first-order valence-electron chi connectivity index (χ1n) is 10.8. The molecule has 1 N–H and O–H groups in total. The molecule has 0 fully saturated rings. The number of hydrazone groups is 1. The Morgan fingerprint density at radius 1 is 1.06 bits per heavy atom. The first-order valence-corrected chi connectivity index (χ1v) is 10.8. The maximum absolute atomic E-state index is 12.1. The molecule has 2 rings (SSSR count). The van der Waals surface area contributed by atoms with E-state index < -0.39 is 10.8 Å². The Hall–Kier alpha value is -3.62. The Bertz CT molecular complexity index is 1040. The summed E-state index contributed by atoms with van der Waals surface area (Å²) in [6, 6.07) is 10.4. The van der Waals surface area contributed by atoms with Crippen LogP contribution < -0.4 is 19.6 Å². The van der Waals surface area contributed by atoms with E-state index in [1.165, 1.54) is 38.1 Å². The van der Waals surface area contributed by atoms with Gasteiger partial charge in [-0.2, -0.15) is 5.10 Å². The summed E-state index contributed by atoms with van der Waals surface area (Å²) in [6.07, 6.45) is 2.29. The molecule has 0 saturated heterocycles. The summed E-state index contributed by atoms with van der Waals surface area (Å²) >= 11 is 0. The van der Waals surface area contributed by atoms with Crippen molar-refractivity contribution in [1.29, 1.82) is 0 Å². The number of hydrogen-bond donors (Lipinski definition) is 1. The van der Waals surface area contributed by atoms with Gasteiger partial charge in [0.25, 0.3) is 5.91 Å². The molecular weight excluding hydrogens is 438 g/mol. The fraction of sp³-hybridized carbons (Fsp3) is 0.440. The zero-order valence-electron chi connectivity index (χ0n) is 20.8. The molecule has 34 heavy (non-hydrogen) atoms. The average Bonchev–Trinajstić information content (AvgIpc) is 2.75. The van der Waals surface area contributed by atoms with Crippen molar-refractivity contribution >= 4 is 17.8 Å². The van der Waals surface area contributed by atoms with E-state index in [0.29, 0.717) is 17.1 Å². The zero-order chi connectivity index (χ0) is 25.5. The van der Waals surface area contributed by atoms with Crippen molar-refractivity contribution < 1.29 is 23.9 Å². The number of nitrogens with one attached hydrogen (secondary N) is 1. The van der Waals surface area contributed by atoms with Crippen molar-refractivity contribution in [3.8, 4) is 17.2 Å². The van der Waals surface area contributed by atoms with Crippen LogP contribution in [0.25, 0.3) is 0 Å². The minimum atomic E-state index is -0.572. The largest absolute Gasteiger partial charge is 0.496 e. The van der Waals surface area contributed by atoms with Gasteiger partial charge in [0.05, 0.1) is 25.4 Å². The Morgan fingerprint density at radius 3 is 2.21 bits per heavy atom. The highest BCUT2D eigenvalue weighted by Crippen LogP contribution is 2.37. The third-order valence-electron chi connectivity index (χ3n) is 5.10. The molecule has 9 heteroatoms. The second-order valence-electron chi connectivity index (χ2n) is 9.75. The van der Waals surface area contributed by atoms with Crippen LogP contribution in [0.4, 0.5) is 5.69 Å². The van der Waals surface area contributed by atoms with Gasteiger partial charge in [0.2, 0.25) is 5.75 Å². The number of methoxy groups -OCH3 is 2. The number of nitro benzene ring substituents is 1. The molecule has 9 nitrogen and oxygen atoms in total. The number of nitrogens with zero attached hydrogens (tertiary/aromatic N) is 2. The van der Waals surface area contributed by atoms with Crippen molar-refractivity contribution in [2.75, 3.05) is 20.8 Å². The van der Waals surface area contributed by atoms with Crippen LogP contribution in [0.2, 0.25) is 0 Å². The third kappa shape index (κ3) is 7.47. The number of ether oxygens (including phenoxy) is 3. The second kappa shape index (κ2) is 11.0. The summed E-state index contributed by atoms with van der Waals surface area (Å²) in [5.74, 6) is 0.465. The molecule has 2 aromatic carbocycles. The van der Waals surface area contributed by atoms with Gasteiger partial charge in [-0.25, -0.2) is 5.43 Å². The number of benzene rings is 2. The first kappa shape index (κ1) is 26.6. The number of amides is 1. The topological polar surface area (TPSA) is 112 Å². The molecular formula is C25H33N3O6. The summed E-state index contributed by atoms with van der Waals surface area (Å²) in [5.41, 5.74) is 3.83. The molecule has 0 radical (unpaired) electrons. The lowest BCUT2D eigenvalue weighted by Gasteiger charge is -2.33. The van der Waals surface area contributed by atoms with Crippen molar-refractivity contribution in [2.24, 2.45) is 10.5 Å². The van der Waals surface area contributed by atoms with Crippen LogP contribution in [0.3, 0.4) is 0 Å². The predicted octanol–water partition coefficient (Wildman–Crippen LogP) is 4.85. The quantitative estimate of drug-likeness (QED) is 0.301. The number of nitro groups is 1. The van der Waals surface area contributed by atoms with E-state index >= 15 is 0 Å². The van der Waals surface area contributed by atoms with Gasteiger partial charge in [0.1, 0.15) is 11.5 Å². The van der Waals surface area contributed by atoms with E-state index in [0.717, 1.165) is 6.42 Å². The van der Waals surface area contributed by atoms with Gasteiger partial charge >= 0.3 is 5.69 Å². The minimum Gasteiger partial charge on any atom is -0.496 e. The molecule has 0 heterocycles. The molecule has 0 spiro atoms. The molecule has 184 valence electrons. The third-order valence-corrected chi connectivity index (χ3v) is 5.10. The van der Waals surface area contributed by atoms with Crippen molar-refractivity contribution in [2.45, 2.75) is 46.5 Å². The van der Waals surface area contributed by atoms with Crippen molar-refractivity contribution in [1.82, 2.24) is 5.43 Å².